The van der Waals surface area contributed by atoms with E-state index in [-0.39, 0.29) is 6.04 Å². The molecule has 0 saturated carbocycles. The van der Waals surface area contributed by atoms with Crippen molar-refractivity contribution in [3.8, 4) is 0 Å². The minimum Gasteiger partial charge on any atom is -0.480 e. The first-order valence-corrected chi connectivity index (χ1v) is 7.58. The van der Waals surface area contributed by atoms with E-state index >= 15 is 0 Å². The third-order valence-electron chi connectivity index (χ3n) is 3.57. The minimum absolute atomic E-state index is 0.330. The number of aromatic nitrogens is 1. The van der Waals surface area contributed by atoms with E-state index in [1.807, 2.05) is 13.8 Å². The summed E-state index contributed by atoms with van der Waals surface area (Å²) in [5.74, 6) is -0.703. The summed E-state index contributed by atoms with van der Waals surface area (Å²) >= 11 is 1.68. The molecule has 1 fully saturated rings. The SMILES string of the molecule is CCC(C(=O)O)N1CCN(Cc2csc(C)n2)CC1. The quantitative estimate of drug-likeness (QED) is 0.886. The molecule has 2 heterocycles. The first kappa shape index (κ1) is 14.4. The molecule has 1 aliphatic rings. The second kappa shape index (κ2) is 6.45. The van der Waals surface area contributed by atoms with Crippen LogP contribution in [-0.2, 0) is 11.3 Å². The number of nitrogens with zero attached hydrogens (tertiary/aromatic N) is 3. The van der Waals surface area contributed by atoms with Crippen molar-refractivity contribution < 1.29 is 9.90 Å². The van der Waals surface area contributed by atoms with Crippen molar-refractivity contribution in [2.75, 3.05) is 26.2 Å². The van der Waals surface area contributed by atoms with Gasteiger partial charge in [-0.3, -0.25) is 14.6 Å². The molecular weight excluding hydrogens is 262 g/mol. The molecule has 0 aliphatic carbocycles. The van der Waals surface area contributed by atoms with E-state index in [1.165, 1.54) is 0 Å². The van der Waals surface area contributed by atoms with Crippen LogP contribution in [0.4, 0.5) is 0 Å². The van der Waals surface area contributed by atoms with Gasteiger partial charge < -0.3 is 5.11 Å². The van der Waals surface area contributed by atoms with E-state index < -0.39 is 5.97 Å². The number of thiazole rings is 1. The van der Waals surface area contributed by atoms with Crippen LogP contribution in [0.25, 0.3) is 0 Å². The zero-order valence-corrected chi connectivity index (χ0v) is 12.3. The molecule has 0 bridgehead atoms. The molecular formula is C13H21N3O2S. The largest absolute Gasteiger partial charge is 0.480 e. The fourth-order valence-corrected chi connectivity index (χ4v) is 3.14. The lowest BCUT2D eigenvalue weighted by Gasteiger charge is -2.37. The van der Waals surface area contributed by atoms with E-state index in [0.29, 0.717) is 6.42 Å². The van der Waals surface area contributed by atoms with Crippen molar-refractivity contribution in [2.24, 2.45) is 0 Å². The lowest BCUT2D eigenvalue weighted by atomic mass is 10.1. The van der Waals surface area contributed by atoms with E-state index in [0.717, 1.165) is 43.4 Å². The molecule has 0 aromatic carbocycles. The van der Waals surface area contributed by atoms with Crippen molar-refractivity contribution in [1.29, 1.82) is 0 Å². The fraction of sp³-hybridized carbons (Fsp3) is 0.692. The summed E-state index contributed by atoms with van der Waals surface area (Å²) in [7, 11) is 0. The van der Waals surface area contributed by atoms with Crippen LogP contribution < -0.4 is 0 Å². The Hall–Kier alpha value is -0.980. The highest BCUT2D eigenvalue weighted by atomic mass is 32.1. The standard InChI is InChI=1S/C13H21N3O2S/c1-3-12(13(17)18)16-6-4-15(5-7-16)8-11-9-19-10(2)14-11/h9,12H,3-8H2,1-2H3,(H,17,18). The van der Waals surface area contributed by atoms with Gasteiger partial charge in [-0.2, -0.15) is 0 Å². The summed E-state index contributed by atoms with van der Waals surface area (Å²) in [6.07, 6.45) is 0.667. The number of aliphatic carboxylic acids is 1. The number of carboxylic acids is 1. The smallest absolute Gasteiger partial charge is 0.320 e. The van der Waals surface area contributed by atoms with E-state index in [2.05, 4.69) is 20.2 Å². The monoisotopic (exact) mass is 283 g/mol. The molecule has 1 aromatic rings. The lowest BCUT2D eigenvalue weighted by molar-refractivity contribution is -0.144. The van der Waals surface area contributed by atoms with Crippen LogP contribution in [0.2, 0.25) is 0 Å². The maximum Gasteiger partial charge on any atom is 0.320 e. The number of carboxylic acid groups (broad SMARTS) is 1. The van der Waals surface area contributed by atoms with E-state index in [1.54, 1.807) is 11.3 Å². The second-order valence-corrected chi connectivity index (χ2v) is 5.99. The Kier molecular flexibility index (Phi) is 4.90. The number of piperazine rings is 1. The minimum atomic E-state index is -0.703. The summed E-state index contributed by atoms with van der Waals surface area (Å²) in [5, 5.41) is 12.4. The summed E-state index contributed by atoms with van der Waals surface area (Å²) in [6, 6.07) is -0.330. The van der Waals surface area contributed by atoms with Gasteiger partial charge in [-0.25, -0.2) is 4.98 Å². The van der Waals surface area contributed by atoms with Crippen molar-refractivity contribution in [3.05, 3.63) is 16.1 Å². The number of aryl methyl sites for hydroxylation is 1. The molecule has 1 aromatic heterocycles. The summed E-state index contributed by atoms with van der Waals surface area (Å²) < 4.78 is 0. The van der Waals surface area contributed by atoms with Gasteiger partial charge in [0.2, 0.25) is 0 Å². The highest BCUT2D eigenvalue weighted by Gasteiger charge is 2.27. The van der Waals surface area contributed by atoms with E-state index in [9.17, 15) is 4.79 Å². The molecule has 106 valence electrons. The number of hydrogen-bond donors (Lipinski definition) is 1. The average molecular weight is 283 g/mol. The van der Waals surface area contributed by atoms with Gasteiger partial charge in [0.15, 0.2) is 0 Å². The Morgan fingerprint density at radius 2 is 2.16 bits per heavy atom. The zero-order valence-electron chi connectivity index (χ0n) is 11.5. The molecule has 19 heavy (non-hydrogen) atoms. The number of hydrogen-bond acceptors (Lipinski definition) is 5. The highest BCUT2D eigenvalue weighted by molar-refractivity contribution is 7.09. The van der Waals surface area contributed by atoms with Crippen LogP contribution >= 0.6 is 11.3 Å². The van der Waals surface area contributed by atoms with Crippen molar-refractivity contribution in [1.82, 2.24) is 14.8 Å². The van der Waals surface area contributed by atoms with Crippen LogP contribution in [0.15, 0.2) is 5.38 Å². The Morgan fingerprint density at radius 3 is 2.63 bits per heavy atom. The summed E-state index contributed by atoms with van der Waals surface area (Å²) in [5.41, 5.74) is 1.13. The first-order valence-electron chi connectivity index (χ1n) is 6.70. The van der Waals surface area contributed by atoms with Gasteiger partial charge in [-0.15, -0.1) is 11.3 Å². The predicted octanol–water partition coefficient (Wildman–Crippen LogP) is 1.43. The maximum absolute atomic E-state index is 11.1. The van der Waals surface area contributed by atoms with Crippen molar-refractivity contribution in [2.45, 2.75) is 32.9 Å². The Morgan fingerprint density at radius 1 is 1.47 bits per heavy atom. The van der Waals surface area contributed by atoms with Gasteiger partial charge in [-0.05, 0) is 13.3 Å². The predicted molar refractivity (Wildman–Crippen MR) is 75.4 cm³/mol. The molecule has 0 amide bonds. The topological polar surface area (TPSA) is 56.7 Å². The fourth-order valence-electron chi connectivity index (χ4n) is 2.53. The van der Waals surface area contributed by atoms with Gasteiger partial charge in [0.05, 0.1) is 10.7 Å². The van der Waals surface area contributed by atoms with E-state index in [4.69, 9.17) is 5.11 Å². The van der Waals surface area contributed by atoms with Crippen LogP contribution in [0.5, 0.6) is 0 Å². The molecule has 6 heteroatoms. The first-order chi connectivity index (χ1) is 9.10. The van der Waals surface area contributed by atoms with Gasteiger partial charge in [0.25, 0.3) is 0 Å². The number of rotatable bonds is 5. The van der Waals surface area contributed by atoms with Crippen molar-refractivity contribution >= 4 is 17.3 Å². The average Bonchev–Trinajstić information content (AvgIpc) is 2.77. The Bertz CT molecular complexity index is 427. The van der Waals surface area contributed by atoms with Gasteiger partial charge in [0.1, 0.15) is 6.04 Å². The third-order valence-corrected chi connectivity index (χ3v) is 4.39. The Balaban J connectivity index is 1.83. The maximum atomic E-state index is 11.1. The molecule has 1 N–H and O–H groups in total. The molecule has 1 aliphatic heterocycles. The highest BCUT2D eigenvalue weighted by Crippen LogP contribution is 2.14. The normalized spacial score (nSPS) is 19.5. The van der Waals surface area contributed by atoms with Crippen LogP contribution in [0, 0.1) is 6.92 Å². The lowest BCUT2D eigenvalue weighted by Crippen LogP contribution is -2.52. The second-order valence-electron chi connectivity index (χ2n) is 4.93. The van der Waals surface area contributed by atoms with Gasteiger partial charge >= 0.3 is 5.97 Å². The third kappa shape index (κ3) is 3.75. The molecule has 1 saturated heterocycles. The molecule has 1 unspecified atom stereocenters. The Labute approximate surface area is 117 Å². The van der Waals surface area contributed by atoms with Gasteiger partial charge in [-0.1, -0.05) is 6.92 Å². The molecule has 0 spiro atoms. The molecule has 5 nitrogen and oxygen atoms in total. The van der Waals surface area contributed by atoms with Crippen LogP contribution in [0.3, 0.4) is 0 Å². The van der Waals surface area contributed by atoms with Crippen LogP contribution in [0.1, 0.15) is 24.0 Å². The van der Waals surface area contributed by atoms with Crippen LogP contribution in [-0.4, -0.2) is 58.1 Å². The summed E-state index contributed by atoms with van der Waals surface area (Å²) in [4.78, 5) is 20.0. The number of carbonyl (C=O) groups is 1. The summed E-state index contributed by atoms with van der Waals surface area (Å²) in [6.45, 7) is 8.32. The van der Waals surface area contributed by atoms with Gasteiger partial charge in [0, 0.05) is 38.1 Å². The van der Waals surface area contributed by atoms with Crippen molar-refractivity contribution in [3.63, 3.8) is 0 Å². The molecule has 1 atom stereocenters. The zero-order chi connectivity index (χ0) is 13.8. The molecule has 2 rings (SSSR count). The molecule has 0 radical (unpaired) electrons.